The molecule has 9 nitrogen and oxygen atoms in total. The summed E-state index contributed by atoms with van der Waals surface area (Å²) in [6, 6.07) is -2.50. The number of carbonyl (C=O) groups excluding carboxylic acids is 3. The van der Waals surface area contributed by atoms with E-state index in [-0.39, 0.29) is 11.8 Å². The molecule has 9 heteroatoms. The van der Waals surface area contributed by atoms with Crippen LogP contribution in [0, 0.1) is 11.8 Å². The molecule has 0 bridgehead atoms. The number of rotatable bonds is 10. The molecule has 0 saturated heterocycles. The lowest BCUT2D eigenvalue weighted by Crippen LogP contribution is -2.56. The van der Waals surface area contributed by atoms with Crippen molar-refractivity contribution in [3.8, 4) is 0 Å². The van der Waals surface area contributed by atoms with Crippen LogP contribution in [0.1, 0.15) is 41.0 Å². The highest BCUT2D eigenvalue weighted by Gasteiger charge is 2.27. The van der Waals surface area contributed by atoms with E-state index < -0.39 is 48.4 Å². The summed E-state index contributed by atoms with van der Waals surface area (Å²) in [7, 11) is 0. The number of nitrogens with one attached hydrogen (secondary N) is 3. The van der Waals surface area contributed by atoms with Crippen LogP contribution in [0.3, 0.4) is 0 Å². The molecule has 0 saturated carbocycles. The van der Waals surface area contributed by atoms with E-state index in [0.717, 1.165) is 0 Å². The Balaban J connectivity index is 4.85. The van der Waals surface area contributed by atoms with Crippen LogP contribution >= 0.6 is 0 Å². The summed E-state index contributed by atoms with van der Waals surface area (Å²) in [6.45, 7) is 8.31. The number of carboxylic acids is 1. The van der Waals surface area contributed by atoms with Gasteiger partial charge in [0, 0.05) is 0 Å². The third kappa shape index (κ3) is 9.04. The Labute approximate surface area is 148 Å². The van der Waals surface area contributed by atoms with Crippen LogP contribution < -0.4 is 21.7 Å². The van der Waals surface area contributed by atoms with Crippen molar-refractivity contribution in [3.63, 3.8) is 0 Å². The summed E-state index contributed by atoms with van der Waals surface area (Å²) in [5, 5.41) is 15.8. The lowest BCUT2D eigenvalue weighted by Gasteiger charge is -2.24. The molecule has 25 heavy (non-hydrogen) atoms. The quantitative estimate of drug-likeness (QED) is 0.345. The van der Waals surface area contributed by atoms with Crippen LogP contribution in [0.4, 0.5) is 0 Å². The maximum Gasteiger partial charge on any atom is 0.322 e. The SMILES string of the molecule is CC(C)CC(NC(=O)C(N)C(C)C)C(=O)NC(C)C(=O)NCC(=O)O. The third-order valence-electron chi connectivity index (χ3n) is 3.53. The van der Waals surface area contributed by atoms with E-state index in [1.165, 1.54) is 6.92 Å². The molecule has 6 N–H and O–H groups in total. The second-order valence-corrected chi connectivity index (χ2v) is 6.80. The monoisotopic (exact) mass is 358 g/mol. The average Bonchev–Trinajstić information content (AvgIpc) is 2.49. The fourth-order valence-corrected chi connectivity index (χ4v) is 1.97. The van der Waals surface area contributed by atoms with Crippen molar-refractivity contribution in [1.29, 1.82) is 0 Å². The molecule has 3 atom stereocenters. The number of amides is 3. The summed E-state index contributed by atoms with van der Waals surface area (Å²) < 4.78 is 0. The topological polar surface area (TPSA) is 151 Å². The first-order chi connectivity index (χ1) is 11.5. The zero-order chi connectivity index (χ0) is 19.7. The minimum Gasteiger partial charge on any atom is -0.480 e. The highest BCUT2D eigenvalue weighted by Crippen LogP contribution is 2.07. The van der Waals surface area contributed by atoms with Gasteiger partial charge in [0.1, 0.15) is 18.6 Å². The Bertz CT molecular complexity index is 493. The number of aliphatic carboxylic acids is 1. The van der Waals surface area contributed by atoms with Gasteiger partial charge in [-0.05, 0) is 25.2 Å². The number of nitrogens with two attached hydrogens (primary N) is 1. The Morgan fingerprint density at radius 2 is 1.48 bits per heavy atom. The van der Waals surface area contributed by atoms with E-state index in [1.807, 2.05) is 13.8 Å². The predicted molar refractivity (Wildman–Crippen MR) is 92.4 cm³/mol. The van der Waals surface area contributed by atoms with Crippen molar-refractivity contribution in [3.05, 3.63) is 0 Å². The second kappa shape index (κ2) is 10.7. The van der Waals surface area contributed by atoms with Gasteiger partial charge >= 0.3 is 5.97 Å². The van der Waals surface area contributed by atoms with E-state index in [9.17, 15) is 19.2 Å². The molecule has 3 amide bonds. The third-order valence-corrected chi connectivity index (χ3v) is 3.53. The van der Waals surface area contributed by atoms with Gasteiger partial charge in [0.05, 0.1) is 6.04 Å². The first-order valence-electron chi connectivity index (χ1n) is 8.31. The van der Waals surface area contributed by atoms with Crippen molar-refractivity contribution >= 4 is 23.7 Å². The standard InChI is InChI=1S/C16H30N4O5/c1-8(2)6-11(20-16(25)13(17)9(3)4)15(24)19-10(5)14(23)18-7-12(21)22/h8-11,13H,6-7,17H2,1-5H3,(H,18,23)(H,19,24)(H,20,25)(H,21,22). The van der Waals surface area contributed by atoms with Gasteiger partial charge in [0.2, 0.25) is 17.7 Å². The fraction of sp³-hybridized carbons (Fsp3) is 0.750. The largest absolute Gasteiger partial charge is 0.480 e. The summed E-state index contributed by atoms with van der Waals surface area (Å²) in [5.41, 5.74) is 5.79. The lowest BCUT2D eigenvalue weighted by molar-refractivity contribution is -0.138. The van der Waals surface area contributed by atoms with Crippen molar-refractivity contribution in [2.75, 3.05) is 6.54 Å². The summed E-state index contributed by atoms with van der Waals surface area (Å²) in [6.07, 6.45) is 0.381. The van der Waals surface area contributed by atoms with Gasteiger partial charge in [-0.1, -0.05) is 27.7 Å². The van der Waals surface area contributed by atoms with Gasteiger partial charge < -0.3 is 26.8 Å². The van der Waals surface area contributed by atoms with Crippen molar-refractivity contribution in [2.24, 2.45) is 17.6 Å². The van der Waals surface area contributed by atoms with Gasteiger partial charge in [0.25, 0.3) is 0 Å². The van der Waals surface area contributed by atoms with Crippen LogP contribution in [0.15, 0.2) is 0 Å². The molecule has 144 valence electrons. The molecule has 0 aliphatic carbocycles. The van der Waals surface area contributed by atoms with Gasteiger partial charge in [-0.2, -0.15) is 0 Å². The Kier molecular flexibility index (Phi) is 9.73. The highest BCUT2D eigenvalue weighted by atomic mass is 16.4. The van der Waals surface area contributed by atoms with E-state index in [4.69, 9.17) is 10.8 Å². The molecular weight excluding hydrogens is 328 g/mol. The van der Waals surface area contributed by atoms with Crippen molar-refractivity contribution < 1.29 is 24.3 Å². The van der Waals surface area contributed by atoms with E-state index in [1.54, 1.807) is 13.8 Å². The minimum atomic E-state index is -1.18. The van der Waals surface area contributed by atoms with Crippen LogP contribution in [0.25, 0.3) is 0 Å². The second-order valence-electron chi connectivity index (χ2n) is 6.80. The van der Waals surface area contributed by atoms with Crippen LogP contribution in [-0.4, -0.2) is 53.5 Å². The molecule has 0 aromatic rings. The molecule has 0 aliphatic heterocycles. The van der Waals surface area contributed by atoms with Crippen LogP contribution in [0.2, 0.25) is 0 Å². The highest BCUT2D eigenvalue weighted by molar-refractivity contribution is 5.93. The maximum absolute atomic E-state index is 12.4. The Morgan fingerprint density at radius 3 is 1.92 bits per heavy atom. The fourth-order valence-electron chi connectivity index (χ4n) is 1.97. The normalized spacial score (nSPS) is 14.6. The van der Waals surface area contributed by atoms with Crippen molar-refractivity contribution in [2.45, 2.75) is 59.2 Å². The molecule has 0 heterocycles. The van der Waals surface area contributed by atoms with E-state index in [0.29, 0.717) is 6.42 Å². The predicted octanol–water partition coefficient (Wildman–Crippen LogP) is -0.794. The smallest absolute Gasteiger partial charge is 0.322 e. The summed E-state index contributed by atoms with van der Waals surface area (Å²) in [5.74, 6) is -2.70. The van der Waals surface area contributed by atoms with Gasteiger partial charge in [-0.25, -0.2) is 0 Å². The summed E-state index contributed by atoms with van der Waals surface area (Å²) in [4.78, 5) is 46.7. The zero-order valence-corrected chi connectivity index (χ0v) is 15.5. The first-order valence-corrected chi connectivity index (χ1v) is 8.31. The number of hydrogen-bond acceptors (Lipinski definition) is 5. The molecule has 0 aromatic carbocycles. The molecule has 0 aliphatic rings. The van der Waals surface area contributed by atoms with Crippen LogP contribution in [-0.2, 0) is 19.2 Å². The van der Waals surface area contributed by atoms with Crippen LogP contribution in [0.5, 0.6) is 0 Å². The minimum absolute atomic E-state index is 0.0801. The average molecular weight is 358 g/mol. The van der Waals surface area contributed by atoms with E-state index >= 15 is 0 Å². The zero-order valence-electron chi connectivity index (χ0n) is 15.5. The van der Waals surface area contributed by atoms with Gasteiger partial charge in [-0.3, -0.25) is 19.2 Å². The molecule has 0 rings (SSSR count). The molecule has 0 radical (unpaired) electrons. The van der Waals surface area contributed by atoms with Gasteiger partial charge in [0.15, 0.2) is 0 Å². The Morgan fingerprint density at radius 1 is 0.920 bits per heavy atom. The van der Waals surface area contributed by atoms with E-state index in [2.05, 4.69) is 16.0 Å². The first kappa shape index (κ1) is 22.8. The van der Waals surface area contributed by atoms with Gasteiger partial charge in [-0.15, -0.1) is 0 Å². The molecular formula is C16H30N4O5. The molecule has 0 fully saturated rings. The molecule has 0 aromatic heterocycles. The lowest BCUT2D eigenvalue weighted by atomic mass is 10.0. The number of carbonyl (C=O) groups is 4. The molecule has 3 unspecified atom stereocenters. The maximum atomic E-state index is 12.4. The Hall–Kier alpha value is -2.16. The summed E-state index contributed by atoms with van der Waals surface area (Å²) >= 11 is 0. The molecule has 0 spiro atoms. The number of carboxylic acid groups (broad SMARTS) is 1. The van der Waals surface area contributed by atoms with Crippen molar-refractivity contribution in [1.82, 2.24) is 16.0 Å². The number of hydrogen-bond donors (Lipinski definition) is 5.